The molecule has 0 unspecified atom stereocenters. The second-order valence-electron chi connectivity index (χ2n) is 3.17. The van der Waals surface area contributed by atoms with E-state index in [0.717, 1.165) is 6.07 Å². The molecule has 0 saturated carbocycles. The van der Waals surface area contributed by atoms with Crippen LogP contribution >= 0.6 is 0 Å². The van der Waals surface area contributed by atoms with Crippen LogP contribution in [0.15, 0.2) is 12.1 Å². The van der Waals surface area contributed by atoms with Crippen LogP contribution in [0.2, 0.25) is 0 Å². The van der Waals surface area contributed by atoms with Gasteiger partial charge in [0.2, 0.25) is 5.75 Å². The normalized spacial score (nSPS) is 9.39. The number of methoxy groups -OCH3 is 1. The Bertz CT molecular complexity index is 533. The van der Waals surface area contributed by atoms with Crippen LogP contribution < -0.4 is 4.74 Å². The Morgan fingerprint density at radius 2 is 2.22 bits per heavy atom. The maximum absolute atomic E-state index is 11.5. The molecule has 7 heteroatoms. The van der Waals surface area contributed by atoms with Crippen molar-refractivity contribution in [1.29, 1.82) is 5.26 Å². The van der Waals surface area contributed by atoms with Crippen LogP contribution in [0.5, 0.6) is 5.75 Å². The quantitative estimate of drug-likeness (QED) is 0.457. The van der Waals surface area contributed by atoms with Crippen LogP contribution in [0.4, 0.5) is 5.69 Å². The lowest BCUT2D eigenvalue weighted by Gasteiger charge is -2.06. The fourth-order valence-electron chi connectivity index (χ4n) is 1.38. The van der Waals surface area contributed by atoms with Crippen molar-refractivity contribution in [2.24, 2.45) is 0 Å². The third kappa shape index (κ3) is 2.55. The van der Waals surface area contributed by atoms with Gasteiger partial charge < -0.3 is 9.47 Å². The zero-order valence-electron chi connectivity index (χ0n) is 9.80. The summed E-state index contributed by atoms with van der Waals surface area (Å²) in [7, 11) is 1.22. The minimum Gasteiger partial charge on any atom is -0.489 e. The van der Waals surface area contributed by atoms with Gasteiger partial charge in [-0.3, -0.25) is 10.1 Å². The smallest absolute Gasteiger partial charge is 0.338 e. The maximum Gasteiger partial charge on any atom is 0.338 e. The first-order valence-corrected chi connectivity index (χ1v) is 4.98. The molecule has 0 atom stereocenters. The average Bonchev–Trinajstić information content (AvgIpc) is 2.37. The van der Waals surface area contributed by atoms with Crippen molar-refractivity contribution in [3.05, 3.63) is 33.4 Å². The second kappa shape index (κ2) is 5.63. The monoisotopic (exact) mass is 250 g/mol. The molecule has 1 aromatic rings. The summed E-state index contributed by atoms with van der Waals surface area (Å²) >= 11 is 0. The Labute approximate surface area is 103 Å². The van der Waals surface area contributed by atoms with E-state index in [4.69, 9.17) is 14.7 Å². The third-order valence-corrected chi connectivity index (χ3v) is 2.10. The highest BCUT2D eigenvalue weighted by atomic mass is 16.6. The largest absolute Gasteiger partial charge is 0.489 e. The molecule has 0 bridgehead atoms. The van der Waals surface area contributed by atoms with Gasteiger partial charge in [0.1, 0.15) is 11.6 Å². The molecule has 0 heterocycles. The Kier molecular flexibility index (Phi) is 4.21. The SMILES string of the molecule is CCOC(=O)c1cc(C#N)c(OC)c([N+](=O)[O-])c1. The van der Waals surface area contributed by atoms with E-state index in [9.17, 15) is 14.9 Å². The van der Waals surface area contributed by atoms with Crippen LogP contribution in [0.1, 0.15) is 22.8 Å². The fourth-order valence-corrected chi connectivity index (χ4v) is 1.38. The van der Waals surface area contributed by atoms with Crippen molar-refractivity contribution in [2.75, 3.05) is 13.7 Å². The van der Waals surface area contributed by atoms with Gasteiger partial charge in [-0.05, 0) is 13.0 Å². The summed E-state index contributed by atoms with van der Waals surface area (Å²) in [4.78, 5) is 21.6. The van der Waals surface area contributed by atoms with E-state index in [-0.39, 0.29) is 23.5 Å². The van der Waals surface area contributed by atoms with E-state index < -0.39 is 16.6 Å². The van der Waals surface area contributed by atoms with Gasteiger partial charge >= 0.3 is 11.7 Å². The van der Waals surface area contributed by atoms with Crippen LogP contribution in [0.3, 0.4) is 0 Å². The van der Waals surface area contributed by atoms with Crippen LogP contribution in [0.25, 0.3) is 0 Å². The first kappa shape index (κ1) is 13.4. The van der Waals surface area contributed by atoms with Crippen LogP contribution in [0, 0.1) is 21.4 Å². The van der Waals surface area contributed by atoms with E-state index in [2.05, 4.69) is 0 Å². The van der Waals surface area contributed by atoms with Crippen molar-refractivity contribution < 1.29 is 19.2 Å². The molecule has 0 aliphatic carbocycles. The topological polar surface area (TPSA) is 102 Å². The minimum atomic E-state index is -0.722. The molecule has 0 aliphatic heterocycles. The van der Waals surface area contributed by atoms with E-state index in [1.807, 2.05) is 0 Å². The van der Waals surface area contributed by atoms with Gasteiger partial charge in [-0.1, -0.05) is 0 Å². The molecule has 0 saturated heterocycles. The lowest BCUT2D eigenvalue weighted by atomic mass is 10.1. The summed E-state index contributed by atoms with van der Waals surface area (Å²) in [5.74, 6) is -0.893. The van der Waals surface area contributed by atoms with Gasteiger partial charge in [0, 0.05) is 6.07 Å². The molecular formula is C11H10N2O5. The van der Waals surface area contributed by atoms with E-state index in [0.29, 0.717) is 0 Å². The molecule has 0 fully saturated rings. The number of carbonyl (C=O) groups excluding carboxylic acids is 1. The van der Waals surface area contributed by atoms with Crippen molar-refractivity contribution in [3.63, 3.8) is 0 Å². The molecule has 18 heavy (non-hydrogen) atoms. The Balaban J connectivity index is 3.42. The first-order chi connectivity index (χ1) is 8.54. The number of ether oxygens (including phenoxy) is 2. The zero-order valence-corrected chi connectivity index (χ0v) is 9.80. The third-order valence-electron chi connectivity index (χ3n) is 2.10. The molecule has 1 rings (SSSR count). The number of esters is 1. The van der Waals surface area contributed by atoms with Gasteiger partial charge in [0.25, 0.3) is 0 Å². The van der Waals surface area contributed by atoms with Gasteiger partial charge in [0.15, 0.2) is 0 Å². The van der Waals surface area contributed by atoms with Gasteiger partial charge in [-0.2, -0.15) is 5.26 Å². The number of hydrogen-bond donors (Lipinski definition) is 0. The molecule has 1 aromatic carbocycles. The number of benzene rings is 1. The van der Waals surface area contributed by atoms with Gasteiger partial charge in [-0.15, -0.1) is 0 Å². The van der Waals surface area contributed by atoms with Crippen molar-refractivity contribution in [2.45, 2.75) is 6.92 Å². The highest BCUT2D eigenvalue weighted by Gasteiger charge is 2.23. The standard InChI is InChI=1S/C11H10N2O5/c1-3-18-11(14)7-4-8(6-12)10(17-2)9(5-7)13(15)16/h4-5H,3H2,1-2H3. The molecule has 0 N–H and O–H groups in total. The van der Waals surface area contributed by atoms with E-state index in [1.54, 1.807) is 13.0 Å². The van der Waals surface area contributed by atoms with Crippen molar-refractivity contribution in [3.8, 4) is 11.8 Å². The molecule has 7 nitrogen and oxygen atoms in total. The highest BCUT2D eigenvalue weighted by molar-refractivity contribution is 5.91. The lowest BCUT2D eigenvalue weighted by molar-refractivity contribution is -0.385. The summed E-state index contributed by atoms with van der Waals surface area (Å²) in [6.45, 7) is 1.75. The van der Waals surface area contributed by atoms with E-state index >= 15 is 0 Å². The maximum atomic E-state index is 11.5. The number of nitriles is 1. The number of carbonyl (C=O) groups is 1. The predicted octanol–water partition coefficient (Wildman–Crippen LogP) is 1.65. The lowest BCUT2D eigenvalue weighted by Crippen LogP contribution is -2.07. The summed E-state index contributed by atoms with van der Waals surface area (Å²) in [6, 6.07) is 3.97. The molecule has 0 radical (unpaired) electrons. The molecule has 0 aliphatic rings. The summed E-state index contributed by atoms with van der Waals surface area (Å²) in [6.07, 6.45) is 0. The van der Waals surface area contributed by atoms with E-state index in [1.165, 1.54) is 13.2 Å². The summed E-state index contributed by atoms with van der Waals surface area (Å²) in [5.41, 5.74) is -0.588. The highest BCUT2D eigenvalue weighted by Crippen LogP contribution is 2.32. The number of hydrogen-bond acceptors (Lipinski definition) is 6. The number of nitro benzene ring substituents is 1. The fraction of sp³-hybridized carbons (Fsp3) is 0.273. The van der Waals surface area contributed by atoms with Crippen LogP contribution in [-0.4, -0.2) is 24.6 Å². The molecule has 0 spiro atoms. The van der Waals surface area contributed by atoms with Gasteiger partial charge in [0.05, 0.1) is 24.2 Å². The first-order valence-electron chi connectivity index (χ1n) is 4.98. The molecule has 94 valence electrons. The van der Waals surface area contributed by atoms with Crippen LogP contribution in [-0.2, 0) is 4.74 Å². The number of rotatable bonds is 4. The zero-order chi connectivity index (χ0) is 13.7. The number of nitro groups is 1. The second-order valence-corrected chi connectivity index (χ2v) is 3.17. The Morgan fingerprint density at radius 3 is 2.67 bits per heavy atom. The molecule has 0 aromatic heterocycles. The molecule has 0 amide bonds. The van der Waals surface area contributed by atoms with Gasteiger partial charge in [-0.25, -0.2) is 4.79 Å². The Morgan fingerprint density at radius 1 is 1.56 bits per heavy atom. The molecular weight excluding hydrogens is 240 g/mol. The summed E-state index contributed by atoms with van der Waals surface area (Å²) in [5, 5.41) is 19.7. The van der Waals surface area contributed by atoms with Crippen molar-refractivity contribution >= 4 is 11.7 Å². The minimum absolute atomic E-state index is 0.0547. The predicted molar refractivity (Wildman–Crippen MR) is 60.3 cm³/mol. The average molecular weight is 250 g/mol. The number of nitrogens with zero attached hydrogens (tertiary/aromatic N) is 2. The summed E-state index contributed by atoms with van der Waals surface area (Å²) < 4.78 is 9.53. The van der Waals surface area contributed by atoms with Crippen molar-refractivity contribution in [1.82, 2.24) is 0 Å². The Hall–Kier alpha value is -2.62.